The van der Waals surface area contributed by atoms with Gasteiger partial charge in [-0.25, -0.2) is 0 Å². The van der Waals surface area contributed by atoms with Crippen LogP contribution in [0.4, 0.5) is 5.82 Å². The number of nitrogens with zero attached hydrogens (tertiary/aromatic N) is 1. The first-order chi connectivity index (χ1) is 10.7. The molecule has 0 bridgehead atoms. The molecule has 3 N–H and O–H groups in total. The molecule has 2 aromatic rings. The molecule has 6 heteroatoms. The smallest absolute Gasteiger partial charge is 0.230 e. The minimum absolute atomic E-state index is 0.117. The van der Waals surface area contributed by atoms with E-state index in [9.17, 15) is 9.90 Å². The van der Waals surface area contributed by atoms with Gasteiger partial charge in [0.15, 0.2) is 5.82 Å². The molecular weight excluding hydrogens is 282 g/mol. The lowest BCUT2D eigenvalue weighted by Crippen LogP contribution is -2.15. The number of carbonyl (C=O) groups is 1. The normalized spacial score (nSPS) is 15.6. The number of nitrogens with one attached hydrogen (secondary N) is 2. The molecule has 1 amide bonds. The van der Waals surface area contributed by atoms with E-state index in [1.807, 2.05) is 6.07 Å². The Morgan fingerprint density at radius 1 is 1.36 bits per heavy atom. The number of amides is 1. The van der Waals surface area contributed by atoms with Crippen LogP contribution in [0.25, 0.3) is 0 Å². The van der Waals surface area contributed by atoms with Crippen molar-refractivity contribution < 1.29 is 14.6 Å². The number of ether oxygens (including phenoxy) is 1. The molecule has 0 radical (unpaired) electrons. The van der Waals surface area contributed by atoms with E-state index in [2.05, 4.69) is 15.5 Å². The molecule has 116 valence electrons. The first-order valence-corrected chi connectivity index (χ1v) is 7.42. The van der Waals surface area contributed by atoms with Crippen LogP contribution in [0, 0.1) is 0 Å². The fourth-order valence-corrected chi connectivity index (χ4v) is 2.64. The van der Waals surface area contributed by atoms with Crippen LogP contribution >= 0.6 is 0 Å². The standard InChI is InChI=1S/C16H19N3O3/c20-14-4-2-1-3-12(14)9-16(21)17-15-10-13(18-19-15)11-5-7-22-8-6-11/h1-4,10-11,20H,5-9H2,(H2,17,18,19,21). The van der Waals surface area contributed by atoms with Crippen LogP contribution in [-0.4, -0.2) is 34.4 Å². The van der Waals surface area contributed by atoms with Gasteiger partial charge in [-0.3, -0.25) is 9.89 Å². The molecule has 1 aromatic heterocycles. The first kappa shape index (κ1) is 14.6. The van der Waals surface area contributed by atoms with Gasteiger partial charge in [0.2, 0.25) is 5.91 Å². The number of aromatic nitrogens is 2. The van der Waals surface area contributed by atoms with Crippen molar-refractivity contribution in [3.05, 3.63) is 41.6 Å². The van der Waals surface area contributed by atoms with Crippen molar-refractivity contribution in [2.75, 3.05) is 18.5 Å². The van der Waals surface area contributed by atoms with Crippen LogP contribution in [-0.2, 0) is 16.0 Å². The number of carbonyl (C=O) groups excluding carboxylic acids is 1. The average Bonchev–Trinajstić information content (AvgIpc) is 2.99. The van der Waals surface area contributed by atoms with E-state index < -0.39 is 0 Å². The summed E-state index contributed by atoms with van der Waals surface area (Å²) in [6.45, 7) is 1.53. The summed E-state index contributed by atoms with van der Waals surface area (Å²) < 4.78 is 5.34. The predicted octanol–water partition coefficient (Wildman–Crippen LogP) is 2.19. The van der Waals surface area contributed by atoms with E-state index in [-0.39, 0.29) is 18.1 Å². The van der Waals surface area contributed by atoms with Gasteiger partial charge in [-0.2, -0.15) is 5.10 Å². The Morgan fingerprint density at radius 3 is 2.91 bits per heavy atom. The summed E-state index contributed by atoms with van der Waals surface area (Å²) in [5.41, 5.74) is 1.63. The second-order valence-electron chi connectivity index (χ2n) is 5.45. The number of phenolic OH excluding ortho intramolecular Hbond substituents is 1. The maximum Gasteiger partial charge on any atom is 0.230 e. The van der Waals surface area contributed by atoms with Gasteiger partial charge in [-0.05, 0) is 18.9 Å². The molecule has 1 aromatic carbocycles. The number of aromatic hydroxyl groups is 1. The number of para-hydroxylation sites is 1. The number of H-pyrrole nitrogens is 1. The van der Waals surface area contributed by atoms with E-state index in [1.165, 1.54) is 0 Å². The highest BCUT2D eigenvalue weighted by atomic mass is 16.5. The van der Waals surface area contributed by atoms with Gasteiger partial charge in [0.25, 0.3) is 0 Å². The quantitative estimate of drug-likeness (QED) is 0.808. The van der Waals surface area contributed by atoms with Gasteiger partial charge in [-0.1, -0.05) is 18.2 Å². The molecule has 2 heterocycles. The summed E-state index contributed by atoms with van der Waals surface area (Å²) in [4.78, 5) is 12.0. The Labute approximate surface area is 128 Å². The molecule has 0 saturated carbocycles. The summed E-state index contributed by atoms with van der Waals surface area (Å²) >= 11 is 0. The molecule has 0 spiro atoms. The largest absolute Gasteiger partial charge is 0.508 e. The molecule has 0 atom stereocenters. The van der Waals surface area contributed by atoms with E-state index in [0.717, 1.165) is 31.7 Å². The van der Waals surface area contributed by atoms with E-state index in [4.69, 9.17) is 4.74 Å². The van der Waals surface area contributed by atoms with Crippen molar-refractivity contribution in [3.63, 3.8) is 0 Å². The molecule has 0 unspecified atom stereocenters. The molecule has 1 aliphatic rings. The molecule has 0 aliphatic carbocycles. The lowest BCUT2D eigenvalue weighted by atomic mass is 9.97. The third-order valence-corrected chi connectivity index (χ3v) is 3.87. The molecule has 1 saturated heterocycles. The summed E-state index contributed by atoms with van der Waals surface area (Å²) in [5.74, 6) is 0.848. The minimum Gasteiger partial charge on any atom is -0.508 e. The van der Waals surface area contributed by atoms with Gasteiger partial charge in [-0.15, -0.1) is 0 Å². The molecule has 1 aliphatic heterocycles. The Morgan fingerprint density at radius 2 is 2.14 bits per heavy atom. The van der Waals surface area contributed by atoms with Crippen LogP contribution in [0.2, 0.25) is 0 Å². The van der Waals surface area contributed by atoms with E-state index in [1.54, 1.807) is 24.3 Å². The number of benzene rings is 1. The number of phenols is 1. The Kier molecular flexibility index (Phi) is 4.39. The molecule has 6 nitrogen and oxygen atoms in total. The number of aromatic amines is 1. The Hall–Kier alpha value is -2.34. The number of hydrogen-bond donors (Lipinski definition) is 3. The highest BCUT2D eigenvalue weighted by Crippen LogP contribution is 2.26. The third kappa shape index (κ3) is 3.46. The topological polar surface area (TPSA) is 87.2 Å². The van der Waals surface area contributed by atoms with Crippen LogP contribution in [0.3, 0.4) is 0 Å². The van der Waals surface area contributed by atoms with Crippen molar-refractivity contribution >= 4 is 11.7 Å². The monoisotopic (exact) mass is 301 g/mol. The average molecular weight is 301 g/mol. The second kappa shape index (κ2) is 6.62. The maximum atomic E-state index is 12.0. The fourth-order valence-electron chi connectivity index (χ4n) is 2.64. The first-order valence-electron chi connectivity index (χ1n) is 7.42. The summed E-state index contributed by atoms with van der Waals surface area (Å²) in [7, 11) is 0. The van der Waals surface area contributed by atoms with E-state index in [0.29, 0.717) is 17.3 Å². The Balaban J connectivity index is 1.60. The summed E-state index contributed by atoms with van der Waals surface area (Å²) in [5, 5.41) is 19.6. The Bertz CT molecular complexity index is 648. The van der Waals surface area contributed by atoms with Gasteiger partial charge in [0.05, 0.1) is 6.42 Å². The van der Waals surface area contributed by atoms with Gasteiger partial charge in [0.1, 0.15) is 5.75 Å². The lowest BCUT2D eigenvalue weighted by Gasteiger charge is -2.20. The zero-order valence-corrected chi connectivity index (χ0v) is 12.2. The van der Waals surface area contributed by atoms with Gasteiger partial charge >= 0.3 is 0 Å². The summed E-state index contributed by atoms with van der Waals surface area (Å²) in [6.07, 6.45) is 2.05. The van der Waals surface area contributed by atoms with E-state index >= 15 is 0 Å². The van der Waals surface area contributed by atoms with Gasteiger partial charge < -0.3 is 15.2 Å². The summed E-state index contributed by atoms with van der Waals surface area (Å²) in [6, 6.07) is 8.69. The SMILES string of the molecule is O=C(Cc1ccccc1O)Nc1cc(C2CCOCC2)[nH]n1. The molecular formula is C16H19N3O3. The highest BCUT2D eigenvalue weighted by molar-refractivity contribution is 5.91. The number of hydrogen-bond acceptors (Lipinski definition) is 4. The number of anilines is 1. The maximum absolute atomic E-state index is 12.0. The molecule has 22 heavy (non-hydrogen) atoms. The molecule has 3 rings (SSSR count). The minimum atomic E-state index is -0.202. The van der Waals surface area contributed by atoms with Crippen LogP contribution in [0.1, 0.15) is 30.0 Å². The van der Waals surface area contributed by atoms with Crippen molar-refractivity contribution in [3.8, 4) is 5.75 Å². The second-order valence-corrected chi connectivity index (χ2v) is 5.45. The lowest BCUT2D eigenvalue weighted by molar-refractivity contribution is -0.115. The zero-order valence-electron chi connectivity index (χ0n) is 12.2. The van der Waals surface area contributed by atoms with Crippen LogP contribution in [0.15, 0.2) is 30.3 Å². The zero-order chi connectivity index (χ0) is 15.4. The highest BCUT2D eigenvalue weighted by Gasteiger charge is 2.18. The fraction of sp³-hybridized carbons (Fsp3) is 0.375. The number of rotatable bonds is 4. The van der Waals surface area contributed by atoms with Crippen molar-refractivity contribution in [2.45, 2.75) is 25.2 Å². The van der Waals surface area contributed by atoms with Crippen molar-refractivity contribution in [1.29, 1.82) is 0 Å². The predicted molar refractivity (Wildman–Crippen MR) is 81.8 cm³/mol. The van der Waals surface area contributed by atoms with Gasteiger partial charge in [0, 0.05) is 36.5 Å². The van der Waals surface area contributed by atoms with Crippen molar-refractivity contribution in [1.82, 2.24) is 10.2 Å². The third-order valence-electron chi connectivity index (χ3n) is 3.87. The molecule has 1 fully saturated rings. The van der Waals surface area contributed by atoms with Crippen molar-refractivity contribution in [2.24, 2.45) is 0 Å². The van der Waals surface area contributed by atoms with Crippen LogP contribution < -0.4 is 5.32 Å². The van der Waals surface area contributed by atoms with Crippen LogP contribution in [0.5, 0.6) is 5.75 Å².